The first-order valence-corrected chi connectivity index (χ1v) is 12.6. The van der Waals surface area contributed by atoms with Crippen molar-refractivity contribution >= 4 is 18.1 Å². The summed E-state index contributed by atoms with van der Waals surface area (Å²) < 4.78 is 4.23. The van der Waals surface area contributed by atoms with E-state index >= 15 is 0 Å². The lowest BCUT2D eigenvalue weighted by atomic mass is 9.69. The number of hydrogen-bond acceptors (Lipinski definition) is 4. The fraction of sp³-hybridized carbons (Fsp3) is 0.464. The largest absolute Gasteiger partial charge is 0.465 e. The number of rotatable bonds is 9. The van der Waals surface area contributed by atoms with Crippen LogP contribution in [-0.2, 0) is 16.6 Å². The molecule has 36 heavy (non-hydrogen) atoms. The first kappa shape index (κ1) is 28.7. The van der Waals surface area contributed by atoms with E-state index in [1.165, 1.54) is 31.9 Å². The molecule has 1 aliphatic rings. The van der Waals surface area contributed by atoms with Crippen LogP contribution in [0.4, 0.5) is 9.59 Å². The monoisotopic (exact) mass is 497 g/mol. The molecular formula is C28H39N3O5. The number of aryl methyl sites for hydroxylation is 1. The van der Waals surface area contributed by atoms with Gasteiger partial charge < -0.3 is 25.8 Å². The van der Waals surface area contributed by atoms with Crippen LogP contribution in [0.1, 0.15) is 66.9 Å². The van der Waals surface area contributed by atoms with Gasteiger partial charge in [-0.3, -0.25) is 4.79 Å². The Morgan fingerprint density at radius 3 is 2.17 bits per heavy atom. The minimum atomic E-state index is -1.11. The van der Waals surface area contributed by atoms with Gasteiger partial charge in [0.2, 0.25) is 0 Å². The zero-order valence-electron chi connectivity index (χ0n) is 21.3. The Morgan fingerprint density at radius 2 is 1.53 bits per heavy atom. The lowest BCUT2D eigenvalue weighted by molar-refractivity contribution is 0.0935. The third-order valence-electron chi connectivity index (χ3n) is 6.42. The van der Waals surface area contributed by atoms with Crippen LogP contribution in [0.3, 0.4) is 0 Å². The van der Waals surface area contributed by atoms with E-state index in [0.29, 0.717) is 0 Å². The lowest BCUT2D eigenvalue weighted by Gasteiger charge is -2.38. The summed E-state index contributed by atoms with van der Waals surface area (Å²) in [6, 6.07) is 18.8. The summed E-state index contributed by atoms with van der Waals surface area (Å²) in [6.07, 6.45) is 6.44. The van der Waals surface area contributed by atoms with E-state index in [-0.39, 0.29) is 24.4 Å². The average molecular weight is 498 g/mol. The molecule has 3 rings (SSSR count). The fourth-order valence-corrected chi connectivity index (χ4v) is 4.57. The first-order valence-electron chi connectivity index (χ1n) is 12.6. The molecular weight excluding hydrogens is 458 g/mol. The van der Waals surface area contributed by atoms with E-state index in [1.54, 1.807) is 0 Å². The van der Waals surface area contributed by atoms with Crippen LogP contribution < -0.4 is 16.0 Å². The molecule has 1 saturated carbocycles. The number of ether oxygens (including phenoxy) is 1. The molecule has 8 nitrogen and oxygen atoms in total. The molecule has 3 amide bonds. The Hall–Kier alpha value is -3.55. The summed E-state index contributed by atoms with van der Waals surface area (Å²) in [4.78, 5) is 33.1. The van der Waals surface area contributed by atoms with Crippen LogP contribution in [0.25, 0.3) is 0 Å². The van der Waals surface area contributed by atoms with Crippen LogP contribution in [0.5, 0.6) is 0 Å². The molecule has 4 N–H and O–H groups in total. The highest BCUT2D eigenvalue weighted by atomic mass is 16.5. The van der Waals surface area contributed by atoms with Crippen molar-refractivity contribution < 1.29 is 24.2 Å². The molecule has 0 aromatic heterocycles. The Kier molecular flexibility index (Phi) is 12.3. The fourth-order valence-electron chi connectivity index (χ4n) is 4.57. The van der Waals surface area contributed by atoms with E-state index in [2.05, 4.69) is 64.0 Å². The van der Waals surface area contributed by atoms with Gasteiger partial charge in [-0.2, -0.15) is 0 Å². The Labute approximate surface area is 213 Å². The van der Waals surface area contributed by atoms with Crippen molar-refractivity contribution in [2.75, 3.05) is 26.7 Å². The summed E-state index contributed by atoms with van der Waals surface area (Å²) >= 11 is 0. The standard InChI is InChI=1S/C23H29NO.C5H10N2O4/c1-2-11-19-12-7-8-15-21(19)22(25)24-18-23(16-9-4-10-17-23)20-13-5-3-6-14-20;1-11-5(10)7-3-2-6-4(8)9/h3,5-8,12-15H,2,4,9-11,16-18H2,1H3,(H,24,25);6H,2-3H2,1H3,(H,7,10)(H,8,9). The first-order chi connectivity index (χ1) is 17.4. The van der Waals surface area contributed by atoms with Crippen molar-refractivity contribution in [1.29, 1.82) is 0 Å². The van der Waals surface area contributed by atoms with Gasteiger partial charge in [-0.25, -0.2) is 9.59 Å². The Balaban J connectivity index is 0.000000352. The van der Waals surface area contributed by atoms with Crippen LogP contribution in [0.2, 0.25) is 0 Å². The van der Waals surface area contributed by atoms with Gasteiger partial charge in [0.05, 0.1) is 7.11 Å². The SMILES string of the molecule is CCCc1ccccc1C(=O)NCC1(c2ccccc2)CCCCC1.COC(=O)NCCNC(=O)O. The number of hydrogen-bond donors (Lipinski definition) is 4. The van der Waals surface area contributed by atoms with Gasteiger partial charge in [0.25, 0.3) is 5.91 Å². The molecule has 0 atom stereocenters. The van der Waals surface area contributed by atoms with Crippen molar-refractivity contribution in [3.63, 3.8) is 0 Å². The predicted octanol–water partition coefficient (Wildman–Crippen LogP) is 4.88. The van der Waals surface area contributed by atoms with Crippen LogP contribution in [0, 0.1) is 0 Å². The van der Waals surface area contributed by atoms with Gasteiger partial charge in [-0.05, 0) is 36.5 Å². The van der Waals surface area contributed by atoms with Gasteiger partial charge in [0.15, 0.2) is 0 Å². The number of methoxy groups -OCH3 is 1. The van der Waals surface area contributed by atoms with Gasteiger partial charge in [-0.1, -0.05) is 81.1 Å². The second-order valence-corrected chi connectivity index (χ2v) is 8.95. The summed E-state index contributed by atoms with van der Waals surface area (Å²) in [7, 11) is 1.24. The van der Waals surface area contributed by atoms with Crippen molar-refractivity contribution in [3.8, 4) is 0 Å². The molecule has 0 bridgehead atoms. The smallest absolute Gasteiger partial charge is 0.406 e. The van der Waals surface area contributed by atoms with Crippen molar-refractivity contribution in [2.45, 2.75) is 57.3 Å². The number of carbonyl (C=O) groups excluding carboxylic acids is 2. The van der Waals surface area contributed by atoms with Gasteiger partial charge in [0.1, 0.15) is 0 Å². The second kappa shape index (κ2) is 15.4. The highest BCUT2D eigenvalue weighted by Crippen LogP contribution is 2.39. The summed E-state index contributed by atoms with van der Waals surface area (Å²) in [5, 5.41) is 15.7. The van der Waals surface area contributed by atoms with Gasteiger partial charge >= 0.3 is 12.2 Å². The molecule has 0 radical (unpaired) electrons. The molecule has 8 heteroatoms. The van der Waals surface area contributed by atoms with E-state index < -0.39 is 12.2 Å². The van der Waals surface area contributed by atoms with Crippen molar-refractivity contribution in [2.24, 2.45) is 0 Å². The zero-order chi connectivity index (χ0) is 26.2. The zero-order valence-corrected chi connectivity index (χ0v) is 21.3. The molecule has 196 valence electrons. The molecule has 0 spiro atoms. The highest BCUT2D eigenvalue weighted by molar-refractivity contribution is 5.95. The van der Waals surface area contributed by atoms with E-state index in [9.17, 15) is 14.4 Å². The van der Waals surface area contributed by atoms with Crippen LogP contribution >= 0.6 is 0 Å². The van der Waals surface area contributed by atoms with Crippen LogP contribution in [-0.4, -0.2) is 49.9 Å². The Bertz CT molecular complexity index is 959. The third kappa shape index (κ3) is 9.24. The van der Waals surface area contributed by atoms with E-state index in [0.717, 1.165) is 43.4 Å². The number of benzene rings is 2. The minimum Gasteiger partial charge on any atom is -0.465 e. The molecule has 2 aromatic carbocycles. The summed E-state index contributed by atoms with van der Waals surface area (Å²) in [5.74, 6) is 0.0740. The number of amides is 3. The summed E-state index contributed by atoms with van der Waals surface area (Å²) in [5.41, 5.74) is 3.45. The van der Waals surface area contributed by atoms with Crippen molar-refractivity contribution in [3.05, 3.63) is 71.3 Å². The topological polar surface area (TPSA) is 117 Å². The maximum absolute atomic E-state index is 12.8. The van der Waals surface area contributed by atoms with Crippen molar-refractivity contribution in [1.82, 2.24) is 16.0 Å². The molecule has 0 saturated heterocycles. The molecule has 0 unspecified atom stereocenters. The van der Waals surface area contributed by atoms with E-state index in [4.69, 9.17) is 5.11 Å². The quantitative estimate of drug-likeness (QED) is 0.369. The number of carbonyl (C=O) groups is 3. The van der Waals surface area contributed by atoms with Gasteiger partial charge in [0, 0.05) is 30.6 Å². The highest BCUT2D eigenvalue weighted by Gasteiger charge is 2.34. The maximum atomic E-state index is 12.8. The number of carboxylic acid groups (broad SMARTS) is 1. The average Bonchev–Trinajstić information content (AvgIpc) is 2.91. The minimum absolute atomic E-state index is 0.0740. The third-order valence-corrected chi connectivity index (χ3v) is 6.42. The molecule has 1 fully saturated rings. The molecule has 1 aliphatic carbocycles. The molecule has 0 heterocycles. The molecule has 0 aliphatic heterocycles. The molecule has 2 aromatic rings. The van der Waals surface area contributed by atoms with E-state index in [1.807, 2.05) is 18.2 Å². The second-order valence-electron chi connectivity index (χ2n) is 8.95. The van der Waals surface area contributed by atoms with Gasteiger partial charge in [-0.15, -0.1) is 0 Å². The maximum Gasteiger partial charge on any atom is 0.406 e. The Morgan fingerprint density at radius 1 is 0.889 bits per heavy atom. The summed E-state index contributed by atoms with van der Waals surface area (Å²) in [6.45, 7) is 3.28. The number of nitrogens with one attached hydrogen (secondary N) is 3. The predicted molar refractivity (Wildman–Crippen MR) is 140 cm³/mol. The normalized spacial score (nSPS) is 13.9. The van der Waals surface area contributed by atoms with Crippen LogP contribution in [0.15, 0.2) is 54.6 Å². The lowest BCUT2D eigenvalue weighted by Crippen LogP contribution is -2.42. The number of alkyl carbamates (subject to hydrolysis) is 1.